The normalized spacial score (nSPS) is 15.5. The van der Waals surface area contributed by atoms with Gasteiger partial charge in [0.05, 0.1) is 16.8 Å². The predicted octanol–water partition coefficient (Wildman–Crippen LogP) is 4.16. The number of hydrogen-bond donors (Lipinski definition) is 2. The monoisotopic (exact) mass is 470 g/mol. The molecule has 0 saturated carbocycles. The standard InChI is InChI=1S/C24H21F3N4OS/c1-3-24(2,15-4-6-16(25)7-5-15)19-14-33-23(29-19)30-22(32)20-17(26)8-9-18(21(20)27)31-12-10-28-11-13-31/h1,4-9,14,28H,10-13H2,2H3,(H,29,30,32)/t24-/m0/s1. The first-order valence-electron chi connectivity index (χ1n) is 10.3. The Morgan fingerprint density at radius 1 is 1.18 bits per heavy atom. The van der Waals surface area contributed by atoms with Crippen LogP contribution in [0.4, 0.5) is 24.0 Å². The van der Waals surface area contributed by atoms with Crippen LogP contribution in [-0.4, -0.2) is 37.1 Å². The molecule has 4 rings (SSSR count). The summed E-state index contributed by atoms with van der Waals surface area (Å²) in [7, 11) is 0. The van der Waals surface area contributed by atoms with Gasteiger partial charge in [-0.25, -0.2) is 18.2 Å². The summed E-state index contributed by atoms with van der Waals surface area (Å²) in [4.78, 5) is 18.9. The van der Waals surface area contributed by atoms with Crippen molar-refractivity contribution >= 4 is 28.1 Å². The second-order valence-corrected chi connectivity index (χ2v) is 8.62. The van der Waals surface area contributed by atoms with E-state index in [9.17, 15) is 13.6 Å². The topological polar surface area (TPSA) is 57.3 Å². The summed E-state index contributed by atoms with van der Waals surface area (Å²) in [6, 6.07) is 8.17. The maximum Gasteiger partial charge on any atom is 0.263 e. The van der Waals surface area contributed by atoms with E-state index in [0.29, 0.717) is 37.4 Å². The number of hydrogen-bond acceptors (Lipinski definition) is 5. The number of nitrogens with one attached hydrogen (secondary N) is 2. The van der Waals surface area contributed by atoms with Gasteiger partial charge in [0, 0.05) is 31.6 Å². The highest BCUT2D eigenvalue weighted by atomic mass is 32.1. The van der Waals surface area contributed by atoms with Crippen LogP contribution in [0.15, 0.2) is 41.8 Å². The highest BCUT2D eigenvalue weighted by Gasteiger charge is 2.30. The zero-order chi connectivity index (χ0) is 23.6. The molecular formula is C24H21F3N4OS. The van der Waals surface area contributed by atoms with E-state index in [1.807, 2.05) is 0 Å². The molecule has 1 fully saturated rings. The Kier molecular flexibility index (Phi) is 6.40. The van der Waals surface area contributed by atoms with Crippen molar-refractivity contribution in [3.8, 4) is 12.3 Å². The Morgan fingerprint density at radius 2 is 1.88 bits per heavy atom. The van der Waals surface area contributed by atoms with Crippen LogP contribution in [0.1, 0.15) is 28.5 Å². The van der Waals surface area contributed by atoms with Gasteiger partial charge in [-0.05, 0) is 36.8 Å². The van der Waals surface area contributed by atoms with E-state index >= 15 is 4.39 Å². The molecule has 1 aliphatic rings. The lowest BCUT2D eigenvalue weighted by Gasteiger charge is -2.30. The van der Waals surface area contributed by atoms with E-state index in [1.165, 1.54) is 18.2 Å². The Labute approximate surface area is 193 Å². The molecule has 1 amide bonds. The molecule has 9 heteroatoms. The molecule has 0 spiro atoms. The Bertz CT molecular complexity index is 1220. The Morgan fingerprint density at radius 3 is 2.55 bits per heavy atom. The average Bonchev–Trinajstić information content (AvgIpc) is 3.28. The summed E-state index contributed by atoms with van der Waals surface area (Å²) >= 11 is 1.08. The van der Waals surface area contributed by atoms with Crippen LogP contribution in [-0.2, 0) is 5.41 Å². The Balaban J connectivity index is 1.59. The molecule has 1 saturated heterocycles. The lowest BCUT2D eigenvalue weighted by atomic mass is 9.81. The minimum absolute atomic E-state index is 0.143. The first kappa shape index (κ1) is 22.8. The van der Waals surface area contributed by atoms with Crippen molar-refractivity contribution in [2.45, 2.75) is 12.3 Å². The maximum atomic E-state index is 15.1. The summed E-state index contributed by atoms with van der Waals surface area (Å²) in [6.07, 6.45) is 5.76. The van der Waals surface area contributed by atoms with Crippen LogP contribution in [0.3, 0.4) is 0 Å². The molecule has 5 nitrogen and oxygen atoms in total. The summed E-state index contributed by atoms with van der Waals surface area (Å²) in [5.41, 5.74) is -0.366. The quantitative estimate of drug-likeness (QED) is 0.550. The van der Waals surface area contributed by atoms with Gasteiger partial charge in [0.15, 0.2) is 10.9 Å². The third-order valence-corrected chi connectivity index (χ3v) is 6.46. The number of halogens is 3. The number of anilines is 2. The molecule has 2 heterocycles. The number of carbonyl (C=O) groups excluding carboxylic acids is 1. The van der Waals surface area contributed by atoms with Crippen molar-refractivity contribution in [1.29, 1.82) is 0 Å². The second kappa shape index (κ2) is 9.25. The summed E-state index contributed by atoms with van der Waals surface area (Å²) in [6.45, 7) is 4.18. The number of rotatable bonds is 5. The minimum atomic E-state index is -0.980. The van der Waals surface area contributed by atoms with Crippen molar-refractivity contribution in [2.75, 3.05) is 36.4 Å². The van der Waals surface area contributed by atoms with Gasteiger partial charge in [0.2, 0.25) is 0 Å². The van der Waals surface area contributed by atoms with Gasteiger partial charge in [-0.2, -0.15) is 0 Å². The predicted molar refractivity (Wildman–Crippen MR) is 123 cm³/mol. The maximum absolute atomic E-state index is 15.1. The van der Waals surface area contributed by atoms with Gasteiger partial charge in [-0.1, -0.05) is 18.1 Å². The van der Waals surface area contributed by atoms with E-state index < -0.39 is 34.3 Å². The minimum Gasteiger partial charge on any atom is -0.367 e. The molecule has 0 aliphatic carbocycles. The molecular weight excluding hydrogens is 449 g/mol. The fourth-order valence-electron chi connectivity index (χ4n) is 3.71. The highest BCUT2D eigenvalue weighted by Crippen LogP contribution is 2.34. The van der Waals surface area contributed by atoms with Crippen molar-refractivity contribution in [1.82, 2.24) is 10.3 Å². The van der Waals surface area contributed by atoms with Gasteiger partial charge in [0.25, 0.3) is 5.91 Å². The first-order valence-corrected chi connectivity index (χ1v) is 11.2. The molecule has 33 heavy (non-hydrogen) atoms. The van der Waals surface area contributed by atoms with Crippen molar-refractivity contribution < 1.29 is 18.0 Å². The van der Waals surface area contributed by atoms with Crippen molar-refractivity contribution in [3.63, 3.8) is 0 Å². The van der Waals surface area contributed by atoms with E-state index in [2.05, 4.69) is 21.5 Å². The number of amides is 1. The third-order valence-electron chi connectivity index (χ3n) is 5.70. The molecule has 0 radical (unpaired) electrons. The van der Waals surface area contributed by atoms with Gasteiger partial charge in [0.1, 0.15) is 17.2 Å². The summed E-state index contributed by atoms with van der Waals surface area (Å²) < 4.78 is 42.9. The van der Waals surface area contributed by atoms with E-state index in [-0.39, 0.29) is 10.8 Å². The zero-order valence-corrected chi connectivity index (χ0v) is 18.6. The number of nitrogens with zero attached hydrogens (tertiary/aromatic N) is 2. The van der Waals surface area contributed by atoms with E-state index in [1.54, 1.807) is 29.3 Å². The average molecular weight is 471 g/mol. The fraction of sp³-hybridized carbons (Fsp3) is 0.250. The zero-order valence-electron chi connectivity index (χ0n) is 17.8. The van der Waals surface area contributed by atoms with Gasteiger partial charge >= 0.3 is 0 Å². The first-order chi connectivity index (χ1) is 15.8. The van der Waals surface area contributed by atoms with Crippen molar-refractivity contribution in [2.24, 2.45) is 0 Å². The number of piperazine rings is 1. The number of aromatic nitrogens is 1. The summed E-state index contributed by atoms with van der Waals surface area (Å²) in [5, 5.41) is 7.44. The smallest absolute Gasteiger partial charge is 0.263 e. The molecule has 3 aromatic rings. The lowest BCUT2D eigenvalue weighted by molar-refractivity contribution is 0.101. The van der Waals surface area contributed by atoms with Crippen LogP contribution in [0, 0.1) is 29.8 Å². The number of terminal acetylenes is 1. The van der Waals surface area contributed by atoms with Gasteiger partial charge < -0.3 is 10.2 Å². The van der Waals surface area contributed by atoms with Crippen LogP contribution >= 0.6 is 11.3 Å². The molecule has 170 valence electrons. The molecule has 1 aliphatic heterocycles. The molecule has 0 bridgehead atoms. The van der Waals surface area contributed by atoms with Crippen LogP contribution in [0.5, 0.6) is 0 Å². The highest BCUT2D eigenvalue weighted by molar-refractivity contribution is 7.14. The molecule has 1 atom stereocenters. The van der Waals surface area contributed by atoms with Crippen LogP contribution in [0.25, 0.3) is 0 Å². The Hall–Kier alpha value is -3.35. The van der Waals surface area contributed by atoms with Gasteiger partial charge in [-0.3, -0.25) is 10.1 Å². The third kappa shape index (κ3) is 4.45. The molecule has 2 N–H and O–H groups in total. The number of carbonyl (C=O) groups is 1. The SMILES string of the molecule is C#C[C@@](C)(c1ccc(F)cc1)c1csc(NC(=O)c2c(F)ccc(N3CCNCC3)c2F)n1. The fourth-order valence-corrected chi connectivity index (χ4v) is 4.52. The van der Waals surface area contributed by atoms with Crippen LogP contribution in [0.2, 0.25) is 0 Å². The molecule has 1 aromatic heterocycles. The number of thiazole rings is 1. The van der Waals surface area contributed by atoms with E-state index in [4.69, 9.17) is 6.42 Å². The molecule has 0 unspecified atom stereocenters. The largest absolute Gasteiger partial charge is 0.367 e. The van der Waals surface area contributed by atoms with E-state index in [0.717, 1.165) is 17.4 Å². The summed E-state index contributed by atoms with van der Waals surface area (Å²) in [5.74, 6) is -0.530. The second-order valence-electron chi connectivity index (χ2n) is 7.76. The van der Waals surface area contributed by atoms with Crippen molar-refractivity contribution in [3.05, 3.63) is 76.1 Å². The molecule has 2 aromatic carbocycles. The number of benzene rings is 2. The lowest BCUT2D eigenvalue weighted by Crippen LogP contribution is -2.44. The van der Waals surface area contributed by atoms with Crippen LogP contribution < -0.4 is 15.5 Å². The van der Waals surface area contributed by atoms with Gasteiger partial charge in [-0.15, -0.1) is 17.8 Å².